The number of nitrogens with zero attached hydrogens (tertiary/aromatic N) is 1. The van der Waals surface area contributed by atoms with Crippen LogP contribution in [0.25, 0.3) is 0 Å². The van der Waals surface area contributed by atoms with Crippen molar-refractivity contribution in [1.82, 2.24) is 4.98 Å². The minimum atomic E-state index is 0.505. The van der Waals surface area contributed by atoms with Crippen LogP contribution in [0, 0.1) is 0 Å². The van der Waals surface area contributed by atoms with Gasteiger partial charge in [0.1, 0.15) is 0 Å². The average Bonchev–Trinajstić information content (AvgIpc) is 2.41. The molecule has 1 heterocycles. The van der Waals surface area contributed by atoms with E-state index in [1.54, 1.807) is 0 Å². The summed E-state index contributed by atoms with van der Waals surface area (Å²) >= 11 is 0. The fourth-order valence-electron chi connectivity index (χ4n) is 2.32. The molecule has 2 rings (SSSR count). The Balaban J connectivity index is 2.18. The lowest BCUT2D eigenvalue weighted by Gasteiger charge is -2.15. The predicted molar refractivity (Wildman–Crippen MR) is 76.7 cm³/mol. The summed E-state index contributed by atoms with van der Waals surface area (Å²) < 4.78 is 0. The topological polar surface area (TPSA) is 12.9 Å². The molecule has 0 aliphatic heterocycles. The fourth-order valence-corrected chi connectivity index (χ4v) is 2.32. The Bertz CT molecular complexity index is 502. The Labute approximate surface area is 109 Å². The highest BCUT2D eigenvalue weighted by Gasteiger charge is 2.10. The molecule has 0 N–H and O–H groups in total. The summed E-state index contributed by atoms with van der Waals surface area (Å²) in [7, 11) is 0. The van der Waals surface area contributed by atoms with Gasteiger partial charge in [-0.05, 0) is 41.5 Å². The van der Waals surface area contributed by atoms with E-state index in [9.17, 15) is 0 Å². The van der Waals surface area contributed by atoms with Crippen molar-refractivity contribution in [1.29, 1.82) is 0 Å². The zero-order valence-corrected chi connectivity index (χ0v) is 10.8. The SMILES string of the molecule is C=CCc1cnccc1C(C)Cc1ccccc1. The maximum absolute atomic E-state index is 4.21. The van der Waals surface area contributed by atoms with Crippen molar-refractivity contribution in [3.05, 3.63) is 78.1 Å². The molecule has 0 fully saturated rings. The summed E-state index contributed by atoms with van der Waals surface area (Å²) in [6.45, 7) is 6.09. The lowest BCUT2D eigenvalue weighted by molar-refractivity contribution is 0.747. The van der Waals surface area contributed by atoms with Crippen molar-refractivity contribution in [3.63, 3.8) is 0 Å². The van der Waals surface area contributed by atoms with Gasteiger partial charge in [-0.3, -0.25) is 4.98 Å². The molecule has 1 atom stereocenters. The second-order valence-corrected chi connectivity index (χ2v) is 4.66. The lowest BCUT2D eigenvalue weighted by Crippen LogP contribution is -2.03. The van der Waals surface area contributed by atoms with Crippen molar-refractivity contribution in [3.8, 4) is 0 Å². The summed E-state index contributed by atoms with van der Waals surface area (Å²) in [5.41, 5.74) is 4.05. The number of allylic oxidation sites excluding steroid dienone is 1. The maximum Gasteiger partial charge on any atom is 0.0305 e. The second kappa shape index (κ2) is 6.15. The van der Waals surface area contributed by atoms with Gasteiger partial charge < -0.3 is 0 Å². The minimum Gasteiger partial charge on any atom is -0.264 e. The Morgan fingerprint density at radius 3 is 2.72 bits per heavy atom. The molecule has 0 spiro atoms. The molecule has 0 aliphatic carbocycles. The van der Waals surface area contributed by atoms with Crippen LogP contribution in [0.1, 0.15) is 29.5 Å². The predicted octanol–water partition coefficient (Wildman–Crippen LogP) is 4.16. The number of aromatic nitrogens is 1. The summed E-state index contributed by atoms with van der Waals surface area (Å²) in [5, 5.41) is 0. The van der Waals surface area contributed by atoms with E-state index in [0.29, 0.717) is 5.92 Å². The van der Waals surface area contributed by atoms with Gasteiger partial charge in [-0.2, -0.15) is 0 Å². The quantitative estimate of drug-likeness (QED) is 0.712. The van der Waals surface area contributed by atoms with Crippen molar-refractivity contribution in [2.75, 3.05) is 0 Å². The van der Waals surface area contributed by atoms with Crippen LogP contribution in [0.5, 0.6) is 0 Å². The molecule has 0 bridgehead atoms. The maximum atomic E-state index is 4.21. The van der Waals surface area contributed by atoms with Crippen LogP contribution in [-0.2, 0) is 12.8 Å². The normalized spacial score (nSPS) is 12.1. The van der Waals surface area contributed by atoms with E-state index in [1.807, 2.05) is 18.5 Å². The van der Waals surface area contributed by atoms with Crippen LogP contribution in [0.3, 0.4) is 0 Å². The Hall–Kier alpha value is -1.89. The van der Waals surface area contributed by atoms with Crippen LogP contribution in [-0.4, -0.2) is 4.98 Å². The summed E-state index contributed by atoms with van der Waals surface area (Å²) in [4.78, 5) is 4.21. The molecule has 0 saturated carbocycles. The molecule has 0 radical (unpaired) electrons. The summed E-state index contributed by atoms with van der Waals surface area (Å²) in [6.07, 6.45) is 7.73. The molecule has 18 heavy (non-hydrogen) atoms. The standard InChI is InChI=1S/C17H19N/c1-3-7-16-13-18-11-10-17(16)14(2)12-15-8-5-4-6-9-15/h3-6,8-11,13-14H,1,7,12H2,2H3. The second-order valence-electron chi connectivity index (χ2n) is 4.66. The van der Waals surface area contributed by atoms with E-state index >= 15 is 0 Å². The first-order valence-electron chi connectivity index (χ1n) is 6.39. The van der Waals surface area contributed by atoms with Gasteiger partial charge in [-0.25, -0.2) is 0 Å². The molecule has 0 aliphatic rings. The molecule has 1 aromatic carbocycles. The van der Waals surface area contributed by atoms with Gasteiger partial charge >= 0.3 is 0 Å². The van der Waals surface area contributed by atoms with Gasteiger partial charge in [0, 0.05) is 12.4 Å². The van der Waals surface area contributed by atoms with Crippen LogP contribution in [0.2, 0.25) is 0 Å². The van der Waals surface area contributed by atoms with Gasteiger partial charge in [0.05, 0.1) is 0 Å². The minimum absolute atomic E-state index is 0.505. The molecule has 1 heteroatoms. The highest BCUT2D eigenvalue weighted by atomic mass is 14.6. The highest BCUT2D eigenvalue weighted by molar-refractivity contribution is 5.30. The molecule has 2 aromatic rings. The van der Waals surface area contributed by atoms with Gasteiger partial charge in [0.2, 0.25) is 0 Å². The number of hydrogen-bond donors (Lipinski definition) is 0. The van der Waals surface area contributed by atoms with E-state index in [1.165, 1.54) is 16.7 Å². The van der Waals surface area contributed by atoms with Crippen molar-refractivity contribution >= 4 is 0 Å². The average molecular weight is 237 g/mol. The molecule has 92 valence electrons. The van der Waals surface area contributed by atoms with Crippen molar-refractivity contribution < 1.29 is 0 Å². The molecule has 1 nitrogen and oxygen atoms in total. The summed E-state index contributed by atoms with van der Waals surface area (Å²) in [6, 6.07) is 12.8. The number of pyridine rings is 1. The van der Waals surface area contributed by atoms with E-state index in [0.717, 1.165) is 12.8 Å². The largest absolute Gasteiger partial charge is 0.264 e. The molecular formula is C17H19N. The Morgan fingerprint density at radius 1 is 1.22 bits per heavy atom. The third-order valence-corrected chi connectivity index (χ3v) is 3.22. The van der Waals surface area contributed by atoms with E-state index in [4.69, 9.17) is 0 Å². The number of hydrogen-bond acceptors (Lipinski definition) is 1. The fraction of sp³-hybridized carbons (Fsp3) is 0.235. The van der Waals surface area contributed by atoms with Gasteiger partial charge in [-0.15, -0.1) is 6.58 Å². The number of benzene rings is 1. The van der Waals surface area contributed by atoms with Gasteiger partial charge in [-0.1, -0.05) is 43.3 Å². The first-order chi connectivity index (χ1) is 8.81. The molecule has 1 unspecified atom stereocenters. The zero-order valence-electron chi connectivity index (χ0n) is 10.8. The third-order valence-electron chi connectivity index (χ3n) is 3.22. The molecule has 0 saturated heterocycles. The number of rotatable bonds is 5. The monoisotopic (exact) mass is 237 g/mol. The first-order valence-corrected chi connectivity index (χ1v) is 6.39. The van der Waals surface area contributed by atoms with Crippen LogP contribution < -0.4 is 0 Å². The lowest BCUT2D eigenvalue weighted by atomic mass is 9.90. The Kier molecular flexibility index (Phi) is 4.30. The van der Waals surface area contributed by atoms with E-state index in [-0.39, 0.29) is 0 Å². The molecule has 1 aromatic heterocycles. The third kappa shape index (κ3) is 3.07. The first kappa shape index (κ1) is 12.6. The van der Waals surface area contributed by atoms with Crippen molar-refractivity contribution in [2.45, 2.75) is 25.7 Å². The van der Waals surface area contributed by atoms with Crippen LogP contribution in [0.15, 0.2) is 61.4 Å². The van der Waals surface area contributed by atoms with E-state index < -0.39 is 0 Å². The molecule has 0 amide bonds. The van der Waals surface area contributed by atoms with Crippen LogP contribution in [0.4, 0.5) is 0 Å². The van der Waals surface area contributed by atoms with Crippen molar-refractivity contribution in [2.24, 2.45) is 0 Å². The molecular weight excluding hydrogens is 218 g/mol. The smallest absolute Gasteiger partial charge is 0.0305 e. The van der Waals surface area contributed by atoms with Gasteiger partial charge in [0.25, 0.3) is 0 Å². The zero-order chi connectivity index (χ0) is 12.8. The Morgan fingerprint density at radius 2 is 2.00 bits per heavy atom. The van der Waals surface area contributed by atoms with Gasteiger partial charge in [0.15, 0.2) is 0 Å². The summed E-state index contributed by atoms with van der Waals surface area (Å²) in [5.74, 6) is 0.505. The highest BCUT2D eigenvalue weighted by Crippen LogP contribution is 2.23. The van der Waals surface area contributed by atoms with E-state index in [2.05, 4.69) is 54.9 Å². The van der Waals surface area contributed by atoms with Crippen LogP contribution >= 0.6 is 0 Å².